The van der Waals surface area contributed by atoms with Gasteiger partial charge >= 0.3 is 11.9 Å². The molecular weight excluding hydrogens is 624 g/mol. The third kappa shape index (κ3) is 10.2. The molecule has 2 aromatic carbocycles. The minimum atomic E-state index is -1.79. The molecule has 1 fully saturated rings. The van der Waals surface area contributed by atoms with Gasteiger partial charge in [-0.2, -0.15) is 0 Å². The van der Waals surface area contributed by atoms with Gasteiger partial charge in [0.05, 0.1) is 18.2 Å². The number of benzene rings is 2. The van der Waals surface area contributed by atoms with Crippen LogP contribution < -0.4 is 35.3 Å². The van der Waals surface area contributed by atoms with Crippen molar-refractivity contribution in [3.8, 4) is 28.7 Å². The predicted molar refractivity (Wildman–Crippen MR) is 165 cm³/mol. The lowest BCUT2D eigenvalue weighted by Gasteiger charge is -2.40. The van der Waals surface area contributed by atoms with E-state index in [0.717, 1.165) is 12.5 Å². The van der Waals surface area contributed by atoms with Crippen LogP contribution in [-0.4, -0.2) is 115 Å². The van der Waals surface area contributed by atoms with Crippen molar-refractivity contribution in [3.63, 3.8) is 0 Å². The van der Waals surface area contributed by atoms with Crippen molar-refractivity contribution in [2.75, 3.05) is 40.8 Å². The van der Waals surface area contributed by atoms with Gasteiger partial charge in [-0.25, -0.2) is 9.59 Å². The number of carboxylic acid groups (broad SMARTS) is 1. The van der Waals surface area contributed by atoms with E-state index in [9.17, 15) is 35.1 Å². The van der Waals surface area contributed by atoms with Gasteiger partial charge in [0.25, 0.3) is 0 Å². The SMILES string of the molecule is CN=C(N)NCOc1cc(C(=O)O)ccc1OC1OC(COC(=O)c2cc(OC)c(O)c(OCNCCC(C)C)c2)C(O)C(O)C1O. The summed E-state index contributed by atoms with van der Waals surface area (Å²) in [4.78, 5) is 28.2. The van der Waals surface area contributed by atoms with Crippen LogP contribution in [0.25, 0.3) is 0 Å². The first-order valence-electron chi connectivity index (χ1n) is 14.6. The summed E-state index contributed by atoms with van der Waals surface area (Å²) in [6.45, 7) is 4.05. The summed E-state index contributed by atoms with van der Waals surface area (Å²) in [5, 5.41) is 57.3. The molecule has 0 aromatic heterocycles. The number of carbonyl (C=O) groups excluding carboxylic acids is 1. The lowest BCUT2D eigenvalue weighted by atomic mass is 9.99. The Bertz CT molecular complexity index is 1390. The van der Waals surface area contributed by atoms with Crippen LogP contribution in [0, 0.1) is 5.92 Å². The number of esters is 1. The monoisotopic (exact) mass is 666 g/mol. The molecule has 17 heteroatoms. The van der Waals surface area contributed by atoms with Crippen LogP contribution in [0.2, 0.25) is 0 Å². The number of phenols is 1. The van der Waals surface area contributed by atoms with E-state index in [2.05, 4.69) is 29.5 Å². The molecule has 5 atom stereocenters. The summed E-state index contributed by atoms with van der Waals surface area (Å²) >= 11 is 0. The Morgan fingerprint density at radius 1 is 0.979 bits per heavy atom. The number of hydrogen-bond donors (Lipinski definition) is 8. The third-order valence-corrected chi connectivity index (χ3v) is 6.93. The molecular formula is C30H42N4O13. The number of aliphatic hydroxyl groups is 3. The normalized spacial score (nSPS) is 21.2. The van der Waals surface area contributed by atoms with E-state index >= 15 is 0 Å². The molecule has 1 aliphatic rings. The summed E-state index contributed by atoms with van der Waals surface area (Å²) in [7, 11) is 2.74. The maximum atomic E-state index is 13.0. The fourth-order valence-electron chi connectivity index (χ4n) is 4.19. The summed E-state index contributed by atoms with van der Waals surface area (Å²) in [6.07, 6.45) is -7.37. The van der Waals surface area contributed by atoms with Gasteiger partial charge in [-0.1, -0.05) is 13.8 Å². The highest BCUT2D eigenvalue weighted by Crippen LogP contribution is 2.38. The number of guanidine groups is 1. The molecule has 0 spiro atoms. The number of aliphatic hydroxyl groups excluding tert-OH is 3. The number of aromatic hydroxyl groups is 1. The topological polar surface area (TPSA) is 253 Å². The molecule has 0 saturated carbocycles. The number of aliphatic imine (C=N–C) groups is 1. The number of carboxylic acids is 1. The number of nitrogens with two attached hydrogens (primary N) is 1. The average Bonchev–Trinajstić information content (AvgIpc) is 3.04. The van der Waals surface area contributed by atoms with Crippen LogP contribution in [0.4, 0.5) is 0 Å². The maximum absolute atomic E-state index is 13.0. The number of ether oxygens (including phenoxy) is 6. The van der Waals surface area contributed by atoms with Crippen LogP contribution in [-0.2, 0) is 9.47 Å². The van der Waals surface area contributed by atoms with Crippen molar-refractivity contribution in [3.05, 3.63) is 41.5 Å². The zero-order valence-electron chi connectivity index (χ0n) is 26.4. The lowest BCUT2D eigenvalue weighted by molar-refractivity contribution is -0.277. The standard InChI is InChI=1S/C30H42N4O13/c1-15(2)7-8-33-13-44-21-11-17(10-20(42-4)23(21)35)28(41)43-12-22-24(36)25(37)26(38)29(47-22)46-18-6-5-16(27(39)40)9-19(18)45-14-34-30(31)32-3/h5-6,9-11,15,22,24-26,29,33,35-38H,7-8,12-14H2,1-4H3,(H,39,40)(H3,31,32,34). The van der Waals surface area contributed by atoms with Crippen LogP contribution in [0.15, 0.2) is 35.3 Å². The Morgan fingerprint density at radius 2 is 1.66 bits per heavy atom. The minimum Gasteiger partial charge on any atom is -0.502 e. The first-order chi connectivity index (χ1) is 22.4. The molecule has 260 valence electrons. The smallest absolute Gasteiger partial charge is 0.338 e. The highest BCUT2D eigenvalue weighted by atomic mass is 16.7. The predicted octanol–water partition coefficient (Wildman–Crippen LogP) is -0.0152. The molecule has 1 aliphatic heterocycles. The first kappa shape index (κ1) is 36.9. The van der Waals surface area contributed by atoms with Crippen molar-refractivity contribution in [2.45, 2.75) is 51.0 Å². The number of nitrogens with zero attached hydrogens (tertiary/aromatic N) is 1. The first-order valence-corrected chi connectivity index (χ1v) is 14.6. The van der Waals surface area contributed by atoms with Crippen LogP contribution in [0.3, 0.4) is 0 Å². The zero-order chi connectivity index (χ0) is 34.7. The summed E-state index contributed by atoms with van der Waals surface area (Å²) in [6, 6.07) is 6.10. The third-order valence-electron chi connectivity index (χ3n) is 6.93. The lowest BCUT2D eigenvalue weighted by Crippen LogP contribution is -2.60. The van der Waals surface area contributed by atoms with Gasteiger partial charge in [-0.3, -0.25) is 10.3 Å². The number of carbonyl (C=O) groups is 2. The van der Waals surface area contributed by atoms with Gasteiger partial charge in [0.15, 0.2) is 35.7 Å². The van der Waals surface area contributed by atoms with Crippen molar-refractivity contribution in [2.24, 2.45) is 16.6 Å². The zero-order valence-corrected chi connectivity index (χ0v) is 26.4. The summed E-state index contributed by atoms with van der Waals surface area (Å²) in [5.41, 5.74) is 5.39. The van der Waals surface area contributed by atoms with E-state index in [1.54, 1.807) is 0 Å². The van der Waals surface area contributed by atoms with Crippen LogP contribution in [0.1, 0.15) is 41.0 Å². The molecule has 0 amide bonds. The van der Waals surface area contributed by atoms with Gasteiger partial charge in [-0.15, -0.1) is 0 Å². The molecule has 0 aliphatic carbocycles. The second kappa shape index (κ2) is 17.4. The Morgan fingerprint density at radius 3 is 2.32 bits per heavy atom. The van der Waals surface area contributed by atoms with Gasteiger partial charge in [0.1, 0.15) is 37.8 Å². The molecule has 5 unspecified atom stereocenters. The number of aromatic carboxylic acids is 1. The average molecular weight is 667 g/mol. The quantitative estimate of drug-likeness (QED) is 0.0385. The van der Waals surface area contributed by atoms with E-state index in [-0.39, 0.29) is 59.3 Å². The van der Waals surface area contributed by atoms with E-state index in [1.807, 2.05) is 0 Å². The summed E-state index contributed by atoms with van der Waals surface area (Å²) < 4.78 is 33.0. The number of nitrogens with one attached hydrogen (secondary N) is 2. The molecule has 1 saturated heterocycles. The van der Waals surface area contributed by atoms with Gasteiger partial charge in [0, 0.05) is 7.05 Å². The Hall–Kier alpha value is -4.55. The Labute approximate surface area is 270 Å². The van der Waals surface area contributed by atoms with Crippen molar-refractivity contribution < 1.29 is 63.5 Å². The van der Waals surface area contributed by atoms with Crippen molar-refractivity contribution in [1.82, 2.24) is 10.6 Å². The molecule has 1 heterocycles. The molecule has 17 nitrogen and oxygen atoms in total. The fourth-order valence-corrected chi connectivity index (χ4v) is 4.19. The van der Waals surface area contributed by atoms with Crippen LogP contribution >= 0.6 is 0 Å². The van der Waals surface area contributed by atoms with E-state index in [1.165, 1.54) is 38.4 Å². The van der Waals surface area contributed by atoms with E-state index < -0.39 is 49.3 Å². The van der Waals surface area contributed by atoms with Gasteiger partial charge in [0.2, 0.25) is 12.0 Å². The number of phenolic OH excluding ortho intramolecular Hbond substituents is 1. The van der Waals surface area contributed by atoms with E-state index in [4.69, 9.17) is 34.2 Å². The van der Waals surface area contributed by atoms with Gasteiger partial charge in [-0.05, 0) is 49.2 Å². The highest BCUT2D eigenvalue weighted by Gasteiger charge is 2.46. The largest absolute Gasteiger partial charge is 0.502 e. The van der Waals surface area contributed by atoms with Crippen LogP contribution in [0.5, 0.6) is 28.7 Å². The Kier molecular flexibility index (Phi) is 13.7. The number of hydrogen-bond acceptors (Lipinski definition) is 14. The van der Waals surface area contributed by atoms with Crippen molar-refractivity contribution in [1.29, 1.82) is 0 Å². The number of rotatable bonds is 16. The Balaban J connectivity index is 1.71. The molecule has 47 heavy (non-hydrogen) atoms. The molecule has 9 N–H and O–H groups in total. The highest BCUT2D eigenvalue weighted by molar-refractivity contribution is 5.91. The second-order valence-corrected chi connectivity index (χ2v) is 10.8. The molecule has 3 rings (SSSR count). The molecule has 2 aromatic rings. The summed E-state index contributed by atoms with van der Waals surface area (Å²) in [5.74, 6) is -2.21. The second-order valence-electron chi connectivity index (χ2n) is 10.8. The fraction of sp³-hybridized carbons (Fsp3) is 0.500. The van der Waals surface area contributed by atoms with E-state index in [0.29, 0.717) is 12.5 Å². The number of methoxy groups -OCH3 is 1. The van der Waals surface area contributed by atoms with Crippen molar-refractivity contribution >= 4 is 17.9 Å². The molecule has 0 bridgehead atoms. The maximum Gasteiger partial charge on any atom is 0.338 e. The molecule has 0 radical (unpaired) electrons. The minimum absolute atomic E-state index is 0.0406. The van der Waals surface area contributed by atoms with Gasteiger partial charge < -0.3 is 65.0 Å².